The van der Waals surface area contributed by atoms with E-state index in [2.05, 4.69) is 5.32 Å². The number of benzene rings is 1. The van der Waals surface area contributed by atoms with Crippen LogP contribution < -0.4 is 5.32 Å². The molecule has 0 radical (unpaired) electrons. The highest BCUT2D eigenvalue weighted by Crippen LogP contribution is 2.20. The molecule has 0 aromatic heterocycles. The van der Waals surface area contributed by atoms with Crippen molar-refractivity contribution >= 4 is 17.5 Å². The number of nitrogens with one attached hydrogen (secondary N) is 1. The molecule has 0 unspecified atom stereocenters. The van der Waals surface area contributed by atoms with Crippen molar-refractivity contribution in [3.8, 4) is 0 Å². The van der Waals surface area contributed by atoms with Gasteiger partial charge in [-0.1, -0.05) is 11.6 Å². The summed E-state index contributed by atoms with van der Waals surface area (Å²) in [6, 6.07) is 3.35. The van der Waals surface area contributed by atoms with Crippen molar-refractivity contribution in [3.63, 3.8) is 0 Å². The van der Waals surface area contributed by atoms with Crippen LogP contribution in [0.5, 0.6) is 0 Å². The minimum Gasteiger partial charge on any atom is -0.390 e. The van der Waals surface area contributed by atoms with Crippen LogP contribution in [0.3, 0.4) is 0 Å². The third kappa shape index (κ3) is 2.48. The Morgan fingerprint density at radius 3 is 2.83 bits per heavy atom. The minimum absolute atomic E-state index is 0.0762. The molecule has 0 bridgehead atoms. The van der Waals surface area contributed by atoms with Crippen molar-refractivity contribution in [1.29, 1.82) is 0 Å². The second kappa shape index (κ2) is 5.22. The number of nitrogens with zero attached hydrogens (tertiary/aromatic N) is 1. The van der Waals surface area contributed by atoms with E-state index in [1.807, 2.05) is 0 Å². The second-order valence-electron chi connectivity index (χ2n) is 4.33. The summed E-state index contributed by atoms with van der Waals surface area (Å²) in [5, 5.41) is 12.8. The predicted molar refractivity (Wildman–Crippen MR) is 66.2 cm³/mol. The first kappa shape index (κ1) is 13.3. The lowest BCUT2D eigenvalue weighted by molar-refractivity contribution is 0.0581. The lowest BCUT2D eigenvalue weighted by Crippen LogP contribution is -2.44. The fourth-order valence-corrected chi connectivity index (χ4v) is 2.30. The van der Waals surface area contributed by atoms with E-state index in [1.165, 1.54) is 17.0 Å². The van der Waals surface area contributed by atoms with Crippen LogP contribution in [0.2, 0.25) is 5.02 Å². The maximum Gasteiger partial charge on any atom is 0.255 e. The summed E-state index contributed by atoms with van der Waals surface area (Å²) >= 11 is 5.85. The molecule has 1 heterocycles. The fraction of sp³-hybridized carbons (Fsp3) is 0.417. The quantitative estimate of drug-likeness (QED) is 0.841. The number of likely N-dealkylation sites (N-methyl/N-ethyl adjacent to an activating group) is 1. The van der Waals surface area contributed by atoms with Gasteiger partial charge in [0.15, 0.2) is 0 Å². The Kier molecular flexibility index (Phi) is 3.85. The maximum atomic E-state index is 12.9. The van der Waals surface area contributed by atoms with Crippen LogP contribution in [0, 0.1) is 5.82 Å². The molecule has 0 aliphatic carbocycles. The lowest BCUT2D eigenvalue weighted by atomic mass is 10.1. The molecule has 0 spiro atoms. The Bertz CT molecular complexity index is 469. The summed E-state index contributed by atoms with van der Waals surface area (Å²) in [5.41, 5.74) is 0.236. The molecular weight excluding hydrogens is 259 g/mol. The summed E-state index contributed by atoms with van der Waals surface area (Å²) in [7, 11) is 1.60. The topological polar surface area (TPSA) is 52.6 Å². The first-order valence-corrected chi connectivity index (χ1v) is 5.99. The zero-order chi connectivity index (χ0) is 13.3. The number of aliphatic hydroxyl groups excluding tert-OH is 1. The van der Waals surface area contributed by atoms with Crippen LogP contribution >= 0.6 is 11.6 Å². The molecular formula is C12H14ClFN2O2. The monoisotopic (exact) mass is 272 g/mol. The molecule has 2 rings (SSSR count). The van der Waals surface area contributed by atoms with Crippen LogP contribution in [-0.2, 0) is 0 Å². The first-order chi connectivity index (χ1) is 8.50. The molecule has 2 atom stereocenters. The van der Waals surface area contributed by atoms with Gasteiger partial charge in [-0.25, -0.2) is 4.39 Å². The van der Waals surface area contributed by atoms with Gasteiger partial charge in [-0.15, -0.1) is 0 Å². The Labute approximate surface area is 109 Å². The molecule has 0 saturated carbocycles. The molecule has 1 aliphatic heterocycles. The summed E-state index contributed by atoms with van der Waals surface area (Å²) < 4.78 is 12.9. The molecule has 1 amide bonds. The van der Waals surface area contributed by atoms with E-state index >= 15 is 0 Å². The normalized spacial score (nSPS) is 23.1. The lowest BCUT2D eigenvalue weighted by Gasteiger charge is -2.26. The number of halogens is 2. The predicted octanol–water partition coefficient (Wildman–Crippen LogP) is 0.884. The number of β-amino-alcohol motifs (C(OH)–C–C–N with tert-alkyl or cyclic N) is 1. The minimum atomic E-state index is -0.599. The average Bonchev–Trinajstić information content (AvgIpc) is 2.74. The Balaban J connectivity index is 2.20. The van der Waals surface area contributed by atoms with E-state index in [9.17, 15) is 14.3 Å². The highest BCUT2D eigenvalue weighted by molar-refractivity contribution is 6.33. The molecule has 1 saturated heterocycles. The SMILES string of the molecule is CN(C(=O)c1ccc(F)cc1Cl)[C@H]1CNC[C@@H]1O. The van der Waals surface area contributed by atoms with E-state index in [1.54, 1.807) is 7.05 Å². The molecule has 1 aromatic rings. The molecule has 1 fully saturated rings. The van der Waals surface area contributed by atoms with E-state index in [-0.39, 0.29) is 22.5 Å². The van der Waals surface area contributed by atoms with Gasteiger partial charge in [-0.2, -0.15) is 0 Å². The largest absolute Gasteiger partial charge is 0.390 e. The second-order valence-corrected chi connectivity index (χ2v) is 4.74. The van der Waals surface area contributed by atoms with E-state index in [4.69, 9.17) is 11.6 Å². The third-order valence-electron chi connectivity index (χ3n) is 3.13. The zero-order valence-corrected chi connectivity index (χ0v) is 10.6. The standard InChI is InChI=1S/C12H14ClFN2O2/c1-16(10-5-15-6-11(10)17)12(18)8-3-2-7(14)4-9(8)13/h2-4,10-11,15,17H,5-6H2,1H3/t10-,11-/m0/s1. The average molecular weight is 273 g/mol. The van der Waals surface area contributed by atoms with Crippen molar-refractivity contribution in [1.82, 2.24) is 10.2 Å². The first-order valence-electron chi connectivity index (χ1n) is 5.61. The van der Waals surface area contributed by atoms with Crippen LogP contribution in [0.4, 0.5) is 4.39 Å². The molecule has 98 valence electrons. The van der Waals surface area contributed by atoms with Gasteiger partial charge in [0.05, 0.1) is 22.7 Å². The summed E-state index contributed by atoms with van der Waals surface area (Å²) in [6.07, 6.45) is -0.599. The van der Waals surface area contributed by atoms with Gasteiger partial charge in [0, 0.05) is 20.1 Å². The van der Waals surface area contributed by atoms with Crippen molar-refractivity contribution in [2.24, 2.45) is 0 Å². The number of aliphatic hydroxyl groups is 1. The Morgan fingerprint density at radius 1 is 1.56 bits per heavy atom. The highest BCUT2D eigenvalue weighted by atomic mass is 35.5. The van der Waals surface area contributed by atoms with E-state index < -0.39 is 11.9 Å². The number of carbonyl (C=O) groups excluding carboxylic acids is 1. The van der Waals surface area contributed by atoms with Crippen molar-refractivity contribution in [3.05, 3.63) is 34.6 Å². The number of amides is 1. The van der Waals surface area contributed by atoms with Crippen LogP contribution in [0.25, 0.3) is 0 Å². The number of rotatable bonds is 2. The maximum absolute atomic E-state index is 12.9. The molecule has 6 heteroatoms. The van der Waals surface area contributed by atoms with Crippen molar-refractivity contribution in [2.45, 2.75) is 12.1 Å². The Hall–Kier alpha value is -1.17. The van der Waals surface area contributed by atoms with Gasteiger partial charge in [0.1, 0.15) is 5.82 Å². The van der Waals surface area contributed by atoms with Gasteiger partial charge < -0.3 is 15.3 Å². The smallest absolute Gasteiger partial charge is 0.255 e. The fourth-order valence-electron chi connectivity index (χ4n) is 2.05. The summed E-state index contributed by atoms with van der Waals surface area (Å²) in [6.45, 7) is 0.988. The van der Waals surface area contributed by atoms with Gasteiger partial charge in [-0.05, 0) is 18.2 Å². The molecule has 18 heavy (non-hydrogen) atoms. The number of hydrogen-bond acceptors (Lipinski definition) is 3. The van der Waals surface area contributed by atoms with Crippen molar-refractivity contribution < 1.29 is 14.3 Å². The number of carbonyl (C=O) groups is 1. The third-order valence-corrected chi connectivity index (χ3v) is 3.44. The highest BCUT2D eigenvalue weighted by Gasteiger charge is 2.32. The van der Waals surface area contributed by atoms with Crippen LogP contribution in [0.15, 0.2) is 18.2 Å². The van der Waals surface area contributed by atoms with E-state index in [0.29, 0.717) is 13.1 Å². The molecule has 1 aromatic carbocycles. The van der Waals surface area contributed by atoms with Crippen LogP contribution in [0.1, 0.15) is 10.4 Å². The van der Waals surface area contributed by atoms with Gasteiger partial charge in [0.25, 0.3) is 5.91 Å². The summed E-state index contributed by atoms with van der Waals surface area (Å²) in [4.78, 5) is 13.6. The Morgan fingerprint density at radius 2 is 2.28 bits per heavy atom. The molecule has 1 aliphatic rings. The molecule has 2 N–H and O–H groups in total. The zero-order valence-electron chi connectivity index (χ0n) is 9.86. The molecule has 4 nitrogen and oxygen atoms in total. The number of hydrogen-bond donors (Lipinski definition) is 2. The summed E-state index contributed by atoms with van der Waals surface area (Å²) in [5.74, 6) is -0.811. The van der Waals surface area contributed by atoms with Crippen molar-refractivity contribution in [2.75, 3.05) is 20.1 Å². The van der Waals surface area contributed by atoms with E-state index in [0.717, 1.165) is 6.07 Å². The van der Waals surface area contributed by atoms with Gasteiger partial charge in [0.2, 0.25) is 0 Å². The van der Waals surface area contributed by atoms with Gasteiger partial charge >= 0.3 is 0 Å². The van der Waals surface area contributed by atoms with Gasteiger partial charge in [-0.3, -0.25) is 4.79 Å². The van der Waals surface area contributed by atoms with Crippen LogP contribution in [-0.4, -0.2) is 48.2 Å².